The quantitative estimate of drug-likeness (QED) is 0.881. The molecule has 1 unspecified atom stereocenters. The van der Waals surface area contributed by atoms with Gasteiger partial charge in [0.05, 0.1) is 13.3 Å². The molecule has 4 nitrogen and oxygen atoms in total. The minimum atomic E-state index is -0.241. The van der Waals surface area contributed by atoms with Gasteiger partial charge in [-0.2, -0.15) is 5.10 Å². The van der Waals surface area contributed by atoms with Crippen molar-refractivity contribution in [3.05, 3.63) is 47.5 Å². The molecular weight excluding hydrogens is 257 g/mol. The van der Waals surface area contributed by atoms with E-state index >= 15 is 0 Å². The first kappa shape index (κ1) is 14.5. The van der Waals surface area contributed by atoms with Gasteiger partial charge in [0.25, 0.3) is 0 Å². The van der Waals surface area contributed by atoms with E-state index in [1.807, 2.05) is 26.5 Å². The molecule has 1 heterocycles. The van der Waals surface area contributed by atoms with Crippen LogP contribution in [0.5, 0.6) is 5.75 Å². The van der Waals surface area contributed by atoms with Crippen LogP contribution in [-0.2, 0) is 13.5 Å². The van der Waals surface area contributed by atoms with Crippen molar-refractivity contribution in [1.29, 1.82) is 0 Å². The van der Waals surface area contributed by atoms with Crippen LogP contribution in [0.15, 0.2) is 30.6 Å². The zero-order valence-corrected chi connectivity index (χ0v) is 12.1. The number of halogens is 1. The van der Waals surface area contributed by atoms with Crippen LogP contribution < -0.4 is 10.1 Å². The van der Waals surface area contributed by atoms with Gasteiger partial charge in [-0.25, -0.2) is 4.39 Å². The Bertz CT molecular complexity index is 568. The van der Waals surface area contributed by atoms with Crippen molar-refractivity contribution in [2.45, 2.75) is 18.9 Å². The molecule has 0 amide bonds. The van der Waals surface area contributed by atoms with Crippen molar-refractivity contribution in [2.24, 2.45) is 7.05 Å². The van der Waals surface area contributed by atoms with Gasteiger partial charge in [0, 0.05) is 24.8 Å². The summed E-state index contributed by atoms with van der Waals surface area (Å²) < 4.78 is 21.1. The van der Waals surface area contributed by atoms with Crippen molar-refractivity contribution in [3.63, 3.8) is 0 Å². The Morgan fingerprint density at radius 2 is 2.25 bits per heavy atom. The Labute approximate surface area is 118 Å². The second-order valence-electron chi connectivity index (χ2n) is 4.76. The first-order valence-corrected chi connectivity index (χ1v) is 6.63. The largest absolute Gasteiger partial charge is 0.496 e. The van der Waals surface area contributed by atoms with E-state index in [0.717, 1.165) is 18.4 Å². The van der Waals surface area contributed by atoms with Crippen molar-refractivity contribution in [1.82, 2.24) is 15.1 Å². The van der Waals surface area contributed by atoms with E-state index < -0.39 is 0 Å². The Morgan fingerprint density at radius 3 is 2.85 bits per heavy atom. The third-order valence-corrected chi connectivity index (χ3v) is 3.41. The van der Waals surface area contributed by atoms with Gasteiger partial charge in [-0.05, 0) is 37.6 Å². The molecular formula is C15H20FN3O. The van der Waals surface area contributed by atoms with Gasteiger partial charge in [-0.15, -0.1) is 0 Å². The molecule has 108 valence electrons. The molecule has 1 aromatic carbocycles. The van der Waals surface area contributed by atoms with Crippen LogP contribution >= 0.6 is 0 Å². The minimum Gasteiger partial charge on any atom is -0.496 e. The highest BCUT2D eigenvalue weighted by Gasteiger charge is 2.19. The molecule has 0 radical (unpaired) electrons. The summed E-state index contributed by atoms with van der Waals surface area (Å²) in [6, 6.07) is 4.82. The SMILES string of the molecule is CNC(CCc1cnn(C)c1)c1c(F)cccc1OC. The number of benzene rings is 1. The average molecular weight is 277 g/mol. The number of methoxy groups -OCH3 is 1. The molecule has 5 heteroatoms. The highest BCUT2D eigenvalue weighted by Crippen LogP contribution is 2.30. The van der Waals surface area contributed by atoms with Crippen molar-refractivity contribution >= 4 is 0 Å². The standard InChI is InChI=1S/C15H20FN3O/c1-17-13(8-7-11-9-18-19(2)10-11)15-12(16)5-4-6-14(15)20-3/h4-6,9-10,13,17H,7-8H2,1-3H3. The summed E-state index contributed by atoms with van der Waals surface area (Å²) in [7, 11) is 5.28. The number of rotatable bonds is 6. The smallest absolute Gasteiger partial charge is 0.131 e. The third-order valence-electron chi connectivity index (χ3n) is 3.41. The molecule has 20 heavy (non-hydrogen) atoms. The molecule has 0 saturated heterocycles. The van der Waals surface area contributed by atoms with Crippen LogP contribution in [0.25, 0.3) is 0 Å². The van der Waals surface area contributed by atoms with Crippen LogP contribution in [0, 0.1) is 5.82 Å². The summed E-state index contributed by atoms with van der Waals surface area (Å²) in [5, 5.41) is 7.31. The van der Waals surface area contributed by atoms with Crippen LogP contribution in [0.3, 0.4) is 0 Å². The van der Waals surface area contributed by atoms with Gasteiger partial charge in [0.15, 0.2) is 0 Å². The lowest BCUT2D eigenvalue weighted by atomic mass is 9.99. The lowest BCUT2D eigenvalue weighted by Crippen LogP contribution is -2.19. The molecule has 2 aromatic rings. The van der Waals surface area contributed by atoms with Crippen LogP contribution in [0.4, 0.5) is 4.39 Å². The molecule has 0 aliphatic carbocycles. The third kappa shape index (κ3) is 3.17. The van der Waals surface area contributed by atoms with E-state index in [9.17, 15) is 4.39 Å². The number of aromatic nitrogens is 2. The molecule has 0 spiro atoms. The minimum absolute atomic E-state index is 0.0913. The van der Waals surface area contributed by atoms with E-state index in [1.54, 1.807) is 23.9 Å². The Kier molecular flexibility index (Phi) is 4.74. The molecule has 0 aliphatic heterocycles. The topological polar surface area (TPSA) is 39.1 Å². The lowest BCUT2D eigenvalue weighted by Gasteiger charge is -2.19. The van der Waals surface area contributed by atoms with Gasteiger partial charge in [-0.3, -0.25) is 4.68 Å². The monoisotopic (exact) mass is 277 g/mol. The van der Waals surface area contributed by atoms with Gasteiger partial charge < -0.3 is 10.1 Å². The number of nitrogens with one attached hydrogen (secondary N) is 1. The van der Waals surface area contributed by atoms with Gasteiger partial charge in [0.2, 0.25) is 0 Å². The first-order valence-electron chi connectivity index (χ1n) is 6.63. The van der Waals surface area contributed by atoms with E-state index in [4.69, 9.17) is 4.74 Å². The molecule has 1 atom stereocenters. The predicted molar refractivity (Wildman–Crippen MR) is 76.3 cm³/mol. The Morgan fingerprint density at radius 1 is 1.45 bits per heavy atom. The zero-order chi connectivity index (χ0) is 14.5. The highest BCUT2D eigenvalue weighted by atomic mass is 19.1. The fourth-order valence-electron chi connectivity index (χ4n) is 2.38. The molecule has 0 bridgehead atoms. The lowest BCUT2D eigenvalue weighted by molar-refractivity contribution is 0.390. The molecule has 1 N–H and O–H groups in total. The first-order chi connectivity index (χ1) is 9.65. The van der Waals surface area contributed by atoms with Crippen LogP contribution in [-0.4, -0.2) is 23.9 Å². The fourth-order valence-corrected chi connectivity index (χ4v) is 2.38. The summed E-state index contributed by atoms with van der Waals surface area (Å²) in [6.45, 7) is 0. The summed E-state index contributed by atoms with van der Waals surface area (Å²) in [4.78, 5) is 0. The number of hydrogen-bond donors (Lipinski definition) is 1. The maximum Gasteiger partial charge on any atom is 0.131 e. The maximum absolute atomic E-state index is 14.1. The maximum atomic E-state index is 14.1. The molecule has 2 rings (SSSR count). The average Bonchev–Trinajstić information content (AvgIpc) is 2.86. The number of ether oxygens (including phenoxy) is 1. The predicted octanol–water partition coefficient (Wildman–Crippen LogP) is 2.46. The van der Waals surface area contributed by atoms with E-state index in [0.29, 0.717) is 11.3 Å². The number of aryl methyl sites for hydroxylation is 2. The summed E-state index contributed by atoms with van der Waals surface area (Å²) in [6.07, 6.45) is 5.42. The number of nitrogens with zero attached hydrogens (tertiary/aromatic N) is 2. The summed E-state index contributed by atoms with van der Waals surface area (Å²) >= 11 is 0. The van der Waals surface area contributed by atoms with Crippen LogP contribution in [0.2, 0.25) is 0 Å². The van der Waals surface area contributed by atoms with Gasteiger partial charge in [-0.1, -0.05) is 6.07 Å². The number of hydrogen-bond acceptors (Lipinski definition) is 3. The molecule has 0 fully saturated rings. The molecule has 1 aromatic heterocycles. The second kappa shape index (κ2) is 6.52. The Hall–Kier alpha value is -1.88. The summed E-state index contributed by atoms with van der Waals surface area (Å²) in [5.74, 6) is 0.338. The fraction of sp³-hybridized carbons (Fsp3) is 0.400. The van der Waals surface area contributed by atoms with Crippen molar-refractivity contribution in [3.8, 4) is 5.75 Å². The van der Waals surface area contributed by atoms with Gasteiger partial charge in [0.1, 0.15) is 11.6 Å². The second-order valence-corrected chi connectivity index (χ2v) is 4.76. The zero-order valence-electron chi connectivity index (χ0n) is 12.1. The normalized spacial score (nSPS) is 12.4. The Balaban J connectivity index is 2.16. The van der Waals surface area contributed by atoms with E-state index in [2.05, 4.69) is 10.4 Å². The van der Waals surface area contributed by atoms with E-state index in [-0.39, 0.29) is 11.9 Å². The summed E-state index contributed by atoms with van der Waals surface area (Å²) in [5.41, 5.74) is 1.73. The van der Waals surface area contributed by atoms with Crippen LogP contribution in [0.1, 0.15) is 23.6 Å². The van der Waals surface area contributed by atoms with E-state index in [1.165, 1.54) is 6.07 Å². The molecule has 0 aliphatic rings. The van der Waals surface area contributed by atoms with Crippen molar-refractivity contribution in [2.75, 3.05) is 14.2 Å². The highest BCUT2D eigenvalue weighted by molar-refractivity contribution is 5.37. The van der Waals surface area contributed by atoms with Crippen molar-refractivity contribution < 1.29 is 9.13 Å². The molecule has 0 saturated carbocycles. The van der Waals surface area contributed by atoms with Gasteiger partial charge >= 0.3 is 0 Å².